The maximum absolute atomic E-state index is 9.74. The summed E-state index contributed by atoms with van der Waals surface area (Å²) in [5.41, 5.74) is 0.727. The van der Waals surface area contributed by atoms with E-state index < -0.39 is 0 Å². The van der Waals surface area contributed by atoms with Crippen LogP contribution >= 0.6 is 0 Å². The lowest BCUT2D eigenvalue weighted by Gasteiger charge is -2.42. The molecule has 1 aliphatic heterocycles. The van der Waals surface area contributed by atoms with Crippen molar-refractivity contribution in [2.24, 2.45) is 11.3 Å². The molecular formula is C17H31NO2. The molecule has 0 aromatic heterocycles. The molecule has 3 aliphatic rings. The van der Waals surface area contributed by atoms with E-state index in [1.54, 1.807) is 0 Å². The van der Waals surface area contributed by atoms with Gasteiger partial charge in [0.25, 0.3) is 0 Å². The highest BCUT2D eigenvalue weighted by Gasteiger charge is 2.38. The van der Waals surface area contributed by atoms with Gasteiger partial charge < -0.3 is 10.2 Å². The number of piperidine rings is 1. The third-order valence-electron chi connectivity index (χ3n) is 6.34. The number of likely N-dealkylation sites (tertiary alicyclic amines) is 1. The molecule has 3 fully saturated rings. The van der Waals surface area contributed by atoms with Gasteiger partial charge in [0.15, 0.2) is 0 Å². The van der Waals surface area contributed by atoms with Crippen LogP contribution in [0.3, 0.4) is 0 Å². The van der Waals surface area contributed by atoms with Gasteiger partial charge in [-0.05, 0) is 62.7 Å². The molecule has 1 spiro atoms. The van der Waals surface area contributed by atoms with E-state index in [1.807, 2.05) is 0 Å². The van der Waals surface area contributed by atoms with Crippen LogP contribution in [0.5, 0.6) is 0 Å². The SMILES string of the molecule is OCC1CC(O)CCN1CC1CCC2(CCCC2)CC1. The van der Waals surface area contributed by atoms with Crippen molar-refractivity contribution in [1.82, 2.24) is 4.90 Å². The van der Waals surface area contributed by atoms with Crippen LogP contribution in [0.2, 0.25) is 0 Å². The standard InChI is InChI=1S/C17H31NO2/c19-13-15-11-16(20)5-10-18(15)12-14-3-8-17(9-4-14)6-1-2-7-17/h14-16,19-20H,1-13H2. The highest BCUT2D eigenvalue weighted by molar-refractivity contribution is 4.91. The fourth-order valence-electron chi connectivity index (χ4n) is 4.94. The van der Waals surface area contributed by atoms with E-state index in [4.69, 9.17) is 0 Å². The fraction of sp³-hybridized carbons (Fsp3) is 1.00. The molecule has 20 heavy (non-hydrogen) atoms. The lowest BCUT2D eigenvalue weighted by atomic mass is 9.69. The van der Waals surface area contributed by atoms with Gasteiger partial charge in [0.05, 0.1) is 12.7 Å². The normalized spacial score (nSPS) is 35.7. The number of hydrogen-bond acceptors (Lipinski definition) is 3. The number of aliphatic hydroxyl groups is 2. The smallest absolute Gasteiger partial charge is 0.0587 e. The molecule has 116 valence electrons. The summed E-state index contributed by atoms with van der Waals surface area (Å²) in [4.78, 5) is 2.45. The molecule has 3 heteroatoms. The van der Waals surface area contributed by atoms with Crippen molar-refractivity contribution < 1.29 is 10.2 Å². The summed E-state index contributed by atoms with van der Waals surface area (Å²) in [5, 5.41) is 19.3. The van der Waals surface area contributed by atoms with Gasteiger partial charge >= 0.3 is 0 Å². The van der Waals surface area contributed by atoms with Gasteiger partial charge in [0, 0.05) is 19.1 Å². The zero-order chi connectivity index (χ0) is 14.0. The van der Waals surface area contributed by atoms with E-state index in [0.717, 1.165) is 37.3 Å². The molecule has 1 heterocycles. The van der Waals surface area contributed by atoms with Crippen molar-refractivity contribution in [2.75, 3.05) is 19.7 Å². The highest BCUT2D eigenvalue weighted by atomic mass is 16.3. The Morgan fingerprint density at radius 1 is 1.00 bits per heavy atom. The largest absolute Gasteiger partial charge is 0.395 e. The maximum atomic E-state index is 9.74. The Morgan fingerprint density at radius 3 is 2.35 bits per heavy atom. The first-order valence-electron chi connectivity index (χ1n) is 8.74. The third kappa shape index (κ3) is 3.20. The number of rotatable bonds is 3. The quantitative estimate of drug-likeness (QED) is 0.835. The van der Waals surface area contributed by atoms with Crippen molar-refractivity contribution in [2.45, 2.75) is 76.4 Å². The van der Waals surface area contributed by atoms with Gasteiger partial charge in [-0.2, -0.15) is 0 Å². The van der Waals surface area contributed by atoms with Crippen LogP contribution in [-0.2, 0) is 0 Å². The summed E-state index contributed by atoms with van der Waals surface area (Å²) in [6.07, 6.45) is 13.0. The summed E-state index contributed by atoms with van der Waals surface area (Å²) in [6, 6.07) is 0.195. The summed E-state index contributed by atoms with van der Waals surface area (Å²) in [5.74, 6) is 0.825. The van der Waals surface area contributed by atoms with E-state index in [9.17, 15) is 10.2 Å². The Hall–Kier alpha value is -0.120. The molecule has 2 atom stereocenters. The van der Waals surface area contributed by atoms with E-state index in [2.05, 4.69) is 4.90 Å². The zero-order valence-corrected chi connectivity index (χ0v) is 12.8. The minimum Gasteiger partial charge on any atom is -0.395 e. The lowest BCUT2D eigenvalue weighted by Crippen LogP contribution is -2.48. The third-order valence-corrected chi connectivity index (χ3v) is 6.34. The van der Waals surface area contributed by atoms with E-state index >= 15 is 0 Å². The van der Waals surface area contributed by atoms with Crippen LogP contribution in [0.1, 0.15) is 64.2 Å². The molecule has 2 N–H and O–H groups in total. The van der Waals surface area contributed by atoms with Crippen molar-refractivity contribution in [3.8, 4) is 0 Å². The first kappa shape index (κ1) is 14.8. The van der Waals surface area contributed by atoms with Gasteiger partial charge in [-0.1, -0.05) is 12.8 Å². The second kappa shape index (κ2) is 6.33. The average molecular weight is 281 g/mol. The van der Waals surface area contributed by atoms with E-state index in [0.29, 0.717) is 0 Å². The zero-order valence-electron chi connectivity index (χ0n) is 12.8. The summed E-state index contributed by atoms with van der Waals surface area (Å²) in [6.45, 7) is 2.32. The van der Waals surface area contributed by atoms with Crippen molar-refractivity contribution in [1.29, 1.82) is 0 Å². The predicted molar refractivity (Wildman–Crippen MR) is 80.5 cm³/mol. The Labute approximate surface area is 123 Å². The molecule has 2 saturated carbocycles. The van der Waals surface area contributed by atoms with Crippen LogP contribution in [0, 0.1) is 11.3 Å². The topological polar surface area (TPSA) is 43.7 Å². The summed E-state index contributed by atoms with van der Waals surface area (Å²) >= 11 is 0. The first-order valence-corrected chi connectivity index (χ1v) is 8.74. The first-order chi connectivity index (χ1) is 9.71. The van der Waals surface area contributed by atoms with Gasteiger partial charge in [-0.15, -0.1) is 0 Å². The van der Waals surface area contributed by atoms with Crippen LogP contribution in [-0.4, -0.2) is 47.0 Å². The molecule has 0 radical (unpaired) electrons. The molecule has 1 saturated heterocycles. The average Bonchev–Trinajstić information content (AvgIpc) is 2.92. The van der Waals surface area contributed by atoms with Crippen LogP contribution in [0.25, 0.3) is 0 Å². The Balaban J connectivity index is 1.49. The van der Waals surface area contributed by atoms with Gasteiger partial charge in [0.2, 0.25) is 0 Å². The van der Waals surface area contributed by atoms with E-state index in [-0.39, 0.29) is 18.8 Å². The van der Waals surface area contributed by atoms with Crippen molar-refractivity contribution in [3.63, 3.8) is 0 Å². The molecule has 0 aromatic rings. The van der Waals surface area contributed by atoms with Gasteiger partial charge in [-0.3, -0.25) is 4.90 Å². The second-order valence-corrected chi connectivity index (χ2v) is 7.66. The van der Waals surface area contributed by atoms with Gasteiger partial charge in [-0.25, -0.2) is 0 Å². The van der Waals surface area contributed by atoms with Crippen LogP contribution in [0.4, 0.5) is 0 Å². The summed E-state index contributed by atoms with van der Waals surface area (Å²) < 4.78 is 0. The monoisotopic (exact) mass is 281 g/mol. The maximum Gasteiger partial charge on any atom is 0.0587 e. The number of aliphatic hydroxyl groups excluding tert-OH is 2. The van der Waals surface area contributed by atoms with Crippen LogP contribution < -0.4 is 0 Å². The molecule has 2 unspecified atom stereocenters. The second-order valence-electron chi connectivity index (χ2n) is 7.66. The molecule has 3 rings (SSSR count). The number of hydrogen-bond donors (Lipinski definition) is 2. The lowest BCUT2D eigenvalue weighted by molar-refractivity contribution is 0.00227. The molecular weight excluding hydrogens is 250 g/mol. The molecule has 0 aromatic carbocycles. The Kier molecular flexibility index (Phi) is 4.68. The molecule has 2 aliphatic carbocycles. The van der Waals surface area contributed by atoms with Gasteiger partial charge in [0.1, 0.15) is 0 Å². The van der Waals surface area contributed by atoms with E-state index in [1.165, 1.54) is 51.4 Å². The molecule has 0 bridgehead atoms. The van der Waals surface area contributed by atoms with Crippen LogP contribution in [0.15, 0.2) is 0 Å². The Bertz CT molecular complexity index is 304. The van der Waals surface area contributed by atoms with Crippen molar-refractivity contribution in [3.05, 3.63) is 0 Å². The number of nitrogens with zero attached hydrogens (tertiary/aromatic N) is 1. The Morgan fingerprint density at radius 2 is 1.70 bits per heavy atom. The summed E-state index contributed by atoms with van der Waals surface area (Å²) in [7, 11) is 0. The predicted octanol–water partition coefficient (Wildman–Crippen LogP) is 2.55. The minimum absolute atomic E-state index is 0.195. The molecule has 0 amide bonds. The van der Waals surface area contributed by atoms with Crippen molar-refractivity contribution >= 4 is 0 Å². The fourth-order valence-corrected chi connectivity index (χ4v) is 4.94. The highest BCUT2D eigenvalue weighted by Crippen LogP contribution is 2.50. The molecule has 3 nitrogen and oxygen atoms in total. The minimum atomic E-state index is -0.198.